The van der Waals surface area contributed by atoms with Crippen LogP contribution in [0.5, 0.6) is 5.75 Å². The molecule has 0 unspecified atom stereocenters. The van der Waals surface area contributed by atoms with Gasteiger partial charge in [-0.25, -0.2) is 4.98 Å². The number of amides is 1. The summed E-state index contributed by atoms with van der Waals surface area (Å²) in [6.45, 7) is 9.46. The number of hydrogen-bond acceptors (Lipinski definition) is 6. The highest BCUT2D eigenvalue weighted by atomic mass is 32.1. The number of anilines is 1. The van der Waals surface area contributed by atoms with Gasteiger partial charge in [0.05, 0.1) is 16.8 Å². The van der Waals surface area contributed by atoms with Crippen molar-refractivity contribution in [1.82, 2.24) is 14.8 Å². The number of carbonyl (C=O) groups is 1. The van der Waals surface area contributed by atoms with E-state index in [1.165, 1.54) is 28.2 Å². The minimum absolute atomic E-state index is 0.163. The Kier molecular flexibility index (Phi) is 6.20. The SMILES string of the molecule is CCn1cc(-c2csc(NC(=O)c3cc(COc4c(C)cc(C)cc4C)cs3)n2)cn1. The molecule has 3 heterocycles. The van der Waals surface area contributed by atoms with E-state index in [1.54, 1.807) is 6.20 Å². The molecule has 0 aliphatic carbocycles. The van der Waals surface area contributed by atoms with E-state index in [0.717, 1.165) is 40.2 Å². The van der Waals surface area contributed by atoms with Gasteiger partial charge < -0.3 is 4.74 Å². The van der Waals surface area contributed by atoms with E-state index < -0.39 is 0 Å². The van der Waals surface area contributed by atoms with E-state index in [0.29, 0.717) is 16.6 Å². The van der Waals surface area contributed by atoms with Crippen molar-refractivity contribution < 1.29 is 9.53 Å². The van der Waals surface area contributed by atoms with Crippen molar-refractivity contribution in [2.75, 3.05) is 5.32 Å². The molecule has 0 aliphatic heterocycles. The number of rotatable bonds is 7. The highest BCUT2D eigenvalue weighted by molar-refractivity contribution is 7.14. The van der Waals surface area contributed by atoms with Crippen molar-refractivity contribution in [2.45, 2.75) is 40.8 Å². The van der Waals surface area contributed by atoms with Gasteiger partial charge in [0, 0.05) is 29.2 Å². The van der Waals surface area contributed by atoms with Crippen molar-refractivity contribution >= 4 is 33.7 Å². The zero-order chi connectivity index (χ0) is 22.0. The monoisotopic (exact) mass is 452 g/mol. The lowest BCUT2D eigenvalue weighted by atomic mass is 10.1. The number of thiophene rings is 1. The summed E-state index contributed by atoms with van der Waals surface area (Å²) in [5.74, 6) is 0.744. The van der Waals surface area contributed by atoms with Crippen molar-refractivity contribution in [3.63, 3.8) is 0 Å². The molecule has 3 aromatic heterocycles. The number of thiazole rings is 1. The van der Waals surface area contributed by atoms with E-state index in [9.17, 15) is 4.79 Å². The maximum absolute atomic E-state index is 12.7. The maximum atomic E-state index is 12.7. The van der Waals surface area contributed by atoms with Gasteiger partial charge in [-0.1, -0.05) is 17.7 Å². The predicted molar refractivity (Wildman–Crippen MR) is 126 cm³/mol. The third kappa shape index (κ3) is 4.86. The molecule has 6 nitrogen and oxygen atoms in total. The molecule has 4 aromatic rings. The smallest absolute Gasteiger partial charge is 0.267 e. The van der Waals surface area contributed by atoms with E-state index in [2.05, 4.69) is 48.3 Å². The quantitative estimate of drug-likeness (QED) is 0.382. The summed E-state index contributed by atoms with van der Waals surface area (Å²) in [5, 5.41) is 11.6. The lowest BCUT2D eigenvalue weighted by molar-refractivity contribution is 0.103. The van der Waals surface area contributed by atoms with Crippen molar-refractivity contribution in [3.05, 3.63) is 68.5 Å². The second kappa shape index (κ2) is 9.03. The second-order valence-corrected chi connectivity index (χ2v) is 9.18. The Bertz CT molecular complexity index is 1200. The summed E-state index contributed by atoms with van der Waals surface area (Å²) in [6, 6.07) is 6.10. The molecule has 0 saturated heterocycles. The summed E-state index contributed by atoms with van der Waals surface area (Å²) in [4.78, 5) is 17.8. The summed E-state index contributed by atoms with van der Waals surface area (Å²) < 4.78 is 7.89. The van der Waals surface area contributed by atoms with Crippen LogP contribution in [-0.2, 0) is 13.2 Å². The molecule has 0 spiro atoms. The van der Waals surface area contributed by atoms with Crippen LogP contribution >= 0.6 is 22.7 Å². The van der Waals surface area contributed by atoms with E-state index >= 15 is 0 Å². The molecule has 4 rings (SSSR count). The van der Waals surface area contributed by atoms with Crippen LogP contribution in [0.3, 0.4) is 0 Å². The third-order valence-electron chi connectivity index (χ3n) is 4.84. The Balaban J connectivity index is 1.38. The van der Waals surface area contributed by atoms with Gasteiger partial charge in [0.1, 0.15) is 12.4 Å². The minimum Gasteiger partial charge on any atom is -0.488 e. The standard InChI is InChI=1S/C23H24N4O2S2/c1-5-27-10-18(9-24-27)19-13-31-23(25-19)26-22(28)20-8-17(12-30-20)11-29-21-15(3)6-14(2)7-16(21)4/h6-10,12-13H,5,11H2,1-4H3,(H,25,26,28). The summed E-state index contributed by atoms with van der Waals surface area (Å²) >= 11 is 2.81. The van der Waals surface area contributed by atoms with Crippen LogP contribution in [0.4, 0.5) is 5.13 Å². The Labute approximate surface area is 189 Å². The fourth-order valence-electron chi connectivity index (χ4n) is 3.41. The molecular formula is C23H24N4O2S2. The first-order chi connectivity index (χ1) is 14.9. The Hall–Kier alpha value is -2.97. The number of aromatic nitrogens is 3. The summed E-state index contributed by atoms with van der Waals surface area (Å²) in [6.07, 6.45) is 3.73. The van der Waals surface area contributed by atoms with Crippen LogP contribution in [0.1, 0.15) is 38.8 Å². The number of nitrogens with one attached hydrogen (secondary N) is 1. The number of ether oxygens (including phenoxy) is 1. The maximum Gasteiger partial charge on any atom is 0.267 e. The van der Waals surface area contributed by atoms with Crippen LogP contribution in [0, 0.1) is 20.8 Å². The molecule has 0 radical (unpaired) electrons. The highest BCUT2D eigenvalue weighted by Gasteiger charge is 2.14. The molecule has 0 fully saturated rings. The fourth-order valence-corrected chi connectivity index (χ4v) is 4.92. The molecule has 160 valence electrons. The van der Waals surface area contributed by atoms with Gasteiger partial charge in [-0.2, -0.15) is 5.10 Å². The normalized spacial score (nSPS) is 11.0. The Morgan fingerprint density at radius 2 is 1.90 bits per heavy atom. The van der Waals surface area contributed by atoms with E-state index in [1.807, 2.05) is 34.6 Å². The second-order valence-electron chi connectivity index (χ2n) is 7.41. The number of hydrogen-bond donors (Lipinski definition) is 1. The van der Waals surface area contributed by atoms with Gasteiger partial charge in [-0.05, 0) is 50.3 Å². The molecule has 1 N–H and O–H groups in total. The number of benzene rings is 1. The average molecular weight is 453 g/mol. The van der Waals surface area contributed by atoms with E-state index in [-0.39, 0.29) is 5.91 Å². The average Bonchev–Trinajstić information content (AvgIpc) is 3.47. The molecule has 1 aromatic carbocycles. The molecular weight excluding hydrogens is 428 g/mol. The molecule has 0 aliphatic rings. The van der Waals surface area contributed by atoms with Gasteiger partial charge in [0.15, 0.2) is 5.13 Å². The van der Waals surface area contributed by atoms with Crippen LogP contribution in [0.15, 0.2) is 41.4 Å². The van der Waals surface area contributed by atoms with Crippen molar-refractivity contribution in [1.29, 1.82) is 0 Å². The van der Waals surface area contributed by atoms with Gasteiger partial charge in [0.25, 0.3) is 5.91 Å². The van der Waals surface area contributed by atoms with Gasteiger partial charge in [0.2, 0.25) is 0 Å². The molecule has 1 amide bonds. The van der Waals surface area contributed by atoms with Crippen LogP contribution < -0.4 is 10.1 Å². The molecule has 0 bridgehead atoms. The molecule has 31 heavy (non-hydrogen) atoms. The first-order valence-electron chi connectivity index (χ1n) is 10.0. The minimum atomic E-state index is -0.163. The zero-order valence-electron chi connectivity index (χ0n) is 17.9. The number of aryl methyl sites for hydroxylation is 4. The van der Waals surface area contributed by atoms with Crippen LogP contribution in [0.25, 0.3) is 11.3 Å². The number of nitrogens with zero attached hydrogens (tertiary/aromatic N) is 3. The fraction of sp³-hybridized carbons (Fsp3) is 0.261. The third-order valence-corrected chi connectivity index (χ3v) is 6.58. The first kappa shape index (κ1) is 21.3. The molecule has 8 heteroatoms. The number of carbonyl (C=O) groups excluding carboxylic acids is 1. The van der Waals surface area contributed by atoms with Crippen molar-refractivity contribution in [2.24, 2.45) is 0 Å². The Morgan fingerprint density at radius 3 is 2.61 bits per heavy atom. The molecule has 0 atom stereocenters. The van der Waals surface area contributed by atoms with Crippen LogP contribution in [0.2, 0.25) is 0 Å². The first-order valence-corrected chi connectivity index (χ1v) is 11.8. The Morgan fingerprint density at radius 1 is 1.13 bits per heavy atom. The largest absolute Gasteiger partial charge is 0.488 e. The van der Waals surface area contributed by atoms with Crippen LogP contribution in [-0.4, -0.2) is 20.7 Å². The highest BCUT2D eigenvalue weighted by Crippen LogP contribution is 2.28. The zero-order valence-corrected chi connectivity index (χ0v) is 19.6. The topological polar surface area (TPSA) is 69.0 Å². The van der Waals surface area contributed by atoms with Gasteiger partial charge in [-0.3, -0.25) is 14.8 Å². The lowest BCUT2D eigenvalue weighted by Crippen LogP contribution is -2.09. The summed E-state index contributed by atoms with van der Waals surface area (Å²) in [7, 11) is 0. The van der Waals surface area contributed by atoms with Gasteiger partial charge >= 0.3 is 0 Å². The molecule has 0 saturated carbocycles. The van der Waals surface area contributed by atoms with E-state index in [4.69, 9.17) is 4.74 Å². The lowest BCUT2D eigenvalue weighted by Gasteiger charge is -2.12. The van der Waals surface area contributed by atoms with Gasteiger partial charge in [-0.15, -0.1) is 22.7 Å². The predicted octanol–water partition coefficient (Wildman–Crippen LogP) is 5.84. The van der Waals surface area contributed by atoms with Crippen molar-refractivity contribution in [3.8, 4) is 17.0 Å². The summed E-state index contributed by atoms with van der Waals surface area (Å²) in [5.41, 5.74) is 6.19.